The second-order valence-corrected chi connectivity index (χ2v) is 4.69. The van der Waals surface area contributed by atoms with E-state index in [9.17, 15) is 4.39 Å². The Morgan fingerprint density at radius 1 is 1.00 bits per heavy atom. The maximum absolute atomic E-state index is 12.7. The van der Waals surface area contributed by atoms with Crippen LogP contribution in [0.4, 0.5) is 4.39 Å². The Hall–Kier alpha value is -1.61. The first-order valence-electron chi connectivity index (χ1n) is 5.98. The van der Waals surface area contributed by atoms with Crippen molar-refractivity contribution >= 4 is 22.0 Å². The van der Waals surface area contributed by atoms with Crippen LogP contribution in [0.3, 0.4) is 0 Å². The summed E-state index contributed by atoms with van der Waals surface area (Å²) in [5.74, 6) is 0.576. The number of halogens is 2. The molecule has 3 heteroatoms. The monoisotopic (exact) mass is 320 g/mol. The predicted molar refractivity (Wildman–Crippen MR) is 80.0 cm³/mol. The molecule has 0 atom stereocenters. The molecule has 2 aromatic carbocycles. The second-order valence-electron chi connectivity index (χ2n) is 4.04. The Labute approximate surface area is 120 Å². The minimum atomic E-state index is -0.230. The van der Waals surface area contributed by atoms with E-state index in [2.05, 4.69) is 15.9 Å². The Morgan fingerprint density at radius 2 is 1.68 bits per heavy atom. The fourth-order valence-electron chi connectivity index (χ4n) is 1.60. The van der Waals surface area contributed by atoms with Gasteiger partial charge < -0.3 is 4.74 Å². The number of rotatable bonds is 5. The van der Waals surface area contributed by atoms with Gasteiger partial charge in [0.1, 0.15) is 18.2 Å². The van der Waals surface area contributed by atoms with Crippen LogP contribution in [0.5, 0.6) is 5.75 Å². The minimum Gasteiger partial charge on any atom is -0.489 e. The van der Waals surface area contributed by atoms with Gasteiger partial charge in [-0.3, -0.25) is 0 Å². The second kappa shape index (κ2) is 7.10. The zero-order valence-corrected chi connectivity index (χ0v) is 11.9. The molecule has 0 N–H and O–H groups in total. The molecule has 0 aliphatic heterocycles. The van der Waals surface area contributed by atoms with E-state index in [0.717, 1.165) is 22.2 Å². The summed E-state index contributed by atoms with van der Waals surface area (Å²) in [7, 11) is 0. The molecule has 2 rings (SSSR count). The summed E-state index contributed by atoms with van der Waals surface area (Å²) in [5.41, 5.74) is 2.08. The van der Waals surface area contributed by atoms with Gasteiger partial charge in [-0.2, -0.15) is 0 Å². The fourth-order valence-corrected chi connectivity index (χ4v) is 1.79. The van der Waals surface area contributed by atoms with Crippen molar-refractivity contribution in [3.63, 3.8) is 0 Å². The molecule has 0 heterocycles. The van der Waals surface area contributed by atoms with Crippen molar-refractivity contribution in [1.82, 2.24) is 0 Å². The summed E-state index contributed by atoms with van der Waals surface area (Å²) < 4.78 is 18.4. The lowest BCUT2D eigenvalue weighted by atomic mass is 10.2. The topological polar surface area (TPSA) is 9.23 Å². The molecule has 0 fully saturated rings. The maximum atomic E-state index is 12.7. The number of hydrogen-bond acceptors (Lipinski definition) is 1. The molecule has 98 valence electrons. The molecule has 19 heavy (non-hydrogen) atoms. The van der Waals surface area contributed by atoms with Crippen LogP contribution in [0.15, 0.2) is 54.6 Å². The largest absolute Gasteiger partial charge is 0.489 e. The highest BCUT2D eigenvalue weighted by Crippen LogP contribution is 2.15. The van der Waals surface area contributed by atoms with E-state index in [1.54, 1.807) is 12.1 Å². The average Bonchev–Trinajstić information content (AvgIpc) is 2.46. The van der Waals surface area contributed by atoms with Crippen LogP contribution >= 0.6 is 15.9 Å². The molecule has 0 saturated carbocycles. The van der Waals surface area contributed by atoms with E-state index in [-0.39, 0.29) is 5.82 Å². The van der Waals surface area contributed by atoms with Crippen LogP contribution < -0.4 is 4.74 Å². The first-order valence-corrected chi connectivity index (χ1v) is 7.10. The molecule has 0 aliphatic rings. The lowest BCUT2D eigenvalue weighted by Crippen LogP contribution is -1.95. The molecule has 0 bridgehead atoms. The third-order valence-electron chi connectivity index (χ3n) is 2.60. The highest BCUT2D eigenvalue weighted by Gasteiger charge is 1.97. The fraction of sp³-hybridized carbons (Fsp3) is 0.125. The summed E-state index contributed by atoms with van der Waals surface area (Å²) in [6.07, 6.45) is 4.08. The van der Waals surface area contributed by atoms with Gasteiger partial charge in [0.25, 0.3) is 0 Å². The molecule has 1 nitrogen and oxygen atoms in total. The highest BCUT2D eigenvalue weighted by molar-refractivity contribution is 9.09. The van der Waals surface area contributed by atoms with Crippen molar-refractivity contribution in [2.45, 2.75) is 6.61 Å². The van der Waals surface area contributed by atoms with E-state index >= 15 is 0 Å². The minimum absolute atomic E-state index is 0.230. The Kier molecular flexibility index (Phi) is 5.16. The molecule has 0 radical (unpaired) electrons. The quantitative estimate of drug-likeness (QED) is 0.718. The molecular weight excluding hydrogens is 307 g/mol. The number of alkyl halides is 1. The van der Waals surface area contributed by atoms with Crippen LogP contribution in [0, 0.1) is 5.82 Å². The molecule has 0 spiro atoms. The van der Waals surface area contributed by atoms with Gasteiger partial charge in [-0.1, -0.05) is 52.3 Å². The third kappa shape index (κ3) is 4.52. The average molecular weight is 321 g/mol. The van der Waals surface area contributed by atoms with Crippen LogP contribution in [-0.2, 0) is 6.61 Å². The smallest absolute Gasteiger partial charge is 0.123 e. The Bertz CT molecular complexity index is 532. The van der Waals surface area contributed by atoms with Crippen LogP contribution in [0.1, 0.15) is 11.1 Å². The SMILES string of the molecule is Fc1ccc(COc2ccc(C=CCBr)cc2)cc1. The number of allylic oxidation sites excluding steroid dienone is 1. The third-order valence-corrected chi connectivity index (χ3v) is 2.97. The summed E-state index contributed by atoms with van der Waals surface area (Å²) in [5, 5.41) is 0.843. The van der Waals surface area contributed by atoms with Crippen LogP contribution in [0.25, 0.3) is 6.08 Å². The predicted octanol–water partition coefficient (Wildman–Crippen LogP) is 4.81. The van der Waals surface area contributed by atoms with E-state index < -0.39 is 0 Å². The first-order chi connectivity index (χ1) is 9.28. The van der Waals surface area contributed by atoms with Crippen LogP contribution in [0.2, 0.25) is 0 Å². The van der Waals surface area contributed by atoms with Crippen molar-refractivity contribution in [3.05, 3.63) is 71.6 Å². The Morgan fingerprint density at radius 3 is 2.32 bits per heavy atom. The van der Waals surface area contributed by atoms with Gasteiger partial charge in [0, 0.05) is 5.33 Å². The molecular formula is C16H14BrFO. The number of hydrogen-bond donors (Lipinski definition) is 0. The first kappa shape index (κ1) is 13.8. The number of ether oxygens (including phenoxy) is 1. The molecule has 0 unspecified atom stereocenters. The molecule has 0 aromatic heterocycles. The summed E-state index contributed by atoms with van der Waals surface area (Å²) >= 11 is 3.34. The molecule has 0 aliphatic carbocycles. The van der Waals surface area contributed by atoms with E-state index in [1.165, 1.54) is 12.1 Å². The lowest BCUT2D eigenvalue weighted by Gasteiger charge is -2.06. The number of benzene rings is 2. The van der Waals surface area contributed by atoms with Gasteiger partial charge >= 0.3 is 0 Å². The van der Waals surface area contributed by atoms with Crippen molar-refractivity contribution in [2.75, 3.05) is 5.33 Å². The van der Waals surface area contributed by atoms with Crippen molar-refractivity contribution in [1.29, 1.82) is 0 Å². The maximum Gasteiger partial charge on any atom is 0.123 e. The van der Waals surface area contributed by atoms with Crippen molar-refractivity contribution < 1.29 is 9.13 Å². The van der Waals surface area contributed by atoms with Crippen LogP contribution in [-0.4, -0.2) is 5.33 Å². The van der Waals surface area contributed by atoms with Crippen molar-refractivity contribution in [3.8, 4) is 5.75 Å². The van der Waals surface area contributed by atoms with Gasteiger partial charge in [-0.05, 0) is 35.4 Å². The zero-order valence-electron chi connectivity index (χ0n) is 10.4. The Balaban J connectivity index is 1.92. The molecule has 0 amide bonds. The van der Waals surface area contributed by atoms with E-state index in [4.69, 9.17) is 4.74 Å². The van der Waals surface area contributed by atoms with Crippen molar-refractivity contribution in [2.24, 2.45) is 0 Å². The van der Waals surface area contributed by atoms with Gasteiger partial charge in [0.15, 0.2) is 0 Å². The lowest BCUT2D eigenvalue weighted by molar-refractivity contribution is 0.306. The summed E-state index contributed by atoms with van der Waals surface area (Å²) in [6.45, 7) is 0.441. The molecule has 2 aromatic rings. The van der Waals surface area contributed by atoms with Gasteiger partial charge in [0.05, 0.1) is 0 Å². The highest BCUT2D eigenvalue weighted by atomic mass is 79.9. The van der Waals surface area contributed by atoms with Gasteiger partial charge in [-0.15, -0.1) is 0 Å². The zero-order chi connectivity index (χ0) is 13.5. The standard InChI is InChI=1S/C16H14BrFO/c17-11-1-2-13-5-9-16(10-6-13)19-12-14-3-7-15(18)8-4-14/h1-10H,11-12H2. The van der Waals surface area contributed by atoms with Gasteiger partial charge in [0.2, 0.25) is 0 Å². The van der Waals surface area contributed by atoms with E-state index in [0.29, 0.717) is 6.61 Å². The molecule has 0 saturated heterocycles. The normalized spacial score (nSPS) is 10.8. The van der Waals surface area contributed by atoms with Gasteiger partial charge in [-0.25, -0.2) is 4.39 Å². The van der Waals surface area contributed by atoms with E-state index in [1.807, 2.05) is 36.4 Å². The summed E-state index contributed by atoms with van der Waals surface area (Å²) in [6, 6.07) is 14.2. The summed E-state index contributed by atoms with van der Waals surface area (Å²) in [4.78, 5) is 0.